The zero-order valence-electron chi connectivity index (χ0n) is 25.4. The van der Waals surface area contributed by atoms with Crippen molar-refractivity contribution in [3.05, 3.63) is 53.2 Å². The number of halogens is 7. The van der Waals surface area contributed by atoms with E-state index in [0.29, 0.717) is 5.39 Å². The normalized spacial score (nSPS) is 15.9. The Kier molecular flexibility index (Phi) is 11.6. The third-order valence-corrected chi connectivity index (χ3v) is 6.91. The number of anilines is 1. The molecule has 1 aliphatic rings. The lowest BCUT2D eigenvalue weighted by Gasteiger charge is -2.27. The monoisotopic (exact) mass is 707 g/mol. The van der Waals surface area contributed by atoms with Gasteiger partial charge in [0.1, 0.15) is 18.0 Å². The minimum absolute atomic E-state index is 0.0108. The highest BCUT2D eigenvalue weighted by Gasteiger charge is 2.39. The van der Waals surface area contributed by atoms with Gasteiger partial charge in [-0.3, -0.25) is 19.1 Å². The van der Waals surface area contributed by atoms with E-state index in [9.17, 15) is 45.1 Å². The van der Waals surface area contributed by atoms with Crippen molar-refractivity contribution >= 4 is 46.3 Å². The summed E-state index contributed by atoms with van der Waals surface area (Å²) in [5.41, 5.74) is 10.5. The van der Waals surface area contributed by atoms with Crippen LogP contribution in [0.25, 0.3) is 10.9 Å². The molecule has 0 aliphatic carbocycles. The van der Waals surface area contributed by atoms with Gasteiger partial charge in [0.05, 0.1) is 56.7 Å². The fourth-order valence-corrected chi connectivity index (χ4v) is 4.62. The molecule has 0 radical (unpaired) electrons. The van der Waals surface area contributed by atoms with Gasteiger partial charge in [-0.1, -0.05) is 0 Å². The zero-order valence-corrected chi connectivity index (χ0v) is 25.4. The number of carbonyl (C=O) groups is 4. The quantitative estimate of drug-likeness (QED) is 0.162. The first kappa shape index (κ1) is 37.8. The standard InChI is InChI=1S/C26H27F4N7O5.C2HF3O2/c1-41-16-4-12(3-14(7-16)26(28,29)30)17(8-21(38)42-2)22(24(32)40)37-20-6-13(23(31)39)5-19(18(20)11-35-37)36-25-33-9-15(27)10-34-25;3-2(4,5)1(6)7/h3-7,11,15,17,22H,8-10H2,1-2H3,(H2,31,39)(H2,32,40)(H2,33,34,36);(H,6,7)/t17-,22?;/m0./s1. The molecule has 21 heteroatoms. The molecule has 0 saturated carbocycles. The van der Waals surface area contributed by atoms with Gasteiger partial charge in [-0.15, -0.1) is 0 Å². The second-order valence-corrected chi connectivity index (χ2v) is 10.2. The molecular formula is C28H28F7N7O7. The second-order valence-electron chi connectivity index (χ2n) is 10.2. The van der Waals surface area contributed by atoms with Crippen molar-refractivity contribution < 1.29 is 64.5 Å². The van der Waals surface area contributed by atoms with Crippen LogP contribution in [0, 0.1) is 0 Å². The number of hydrogen-bond acceptors (Lipinski definition) is 10. The summed E-state index contributed by atoms with van der Waals surface area (Å²) >= 11 is 0. The number of nitrogens with one attached hydrogen (secondary N) is 2. The average Bonchev–Trinajstić information content (AvgIpc) is 3.44. The Morgan fingerprint density at radius 1 is 1.08 bits per heavy atom. The van der Waals surface area contributed by atoms with Crippen LogP contribution in [-0.4, -0.2) is 84.3 Å². The third-order valence-electron chi connectivity index (χ3n) is 6.91. The van der Waals surface area contributed by atoms with Crippen molar-refractivity contribution in [2.24, 2.45) is 16.5 Å². The maximum absolute atomic E-state index is 13.8. The number of nitrogens with two attached hydrogens (primary N) is 2. The molecule has 2 heterocycles. The number of ether oxygens (including phenoxy) is 2. The molecule has 4 rings (SSSR count). The smallest absolute Gasteiger partial charge is 0.490 e. The van der Waals surface area contributed by atoms with Crippen LogP contribution < -0.4 is 26.8 Å². The Labute approximate surface area is 271 Å². The first-order valence-electron chi connectivity index (χ1n) is 13.7. The fraction of sp³-hybridized carbons (Fsp3) is 0.357. The van der Waals surface area contributed by atoms with Gasteiger partial charge in [-0.05, 0) is 35.9 Å². The minimum Gasteiger partial charge on any atom is -0.497 e. The molecule has 3 aromatic rings. The molecule has 14 nitrogen and oxygen atoms in total. The van der Waals surface area contributed by atoms with Gasteiger partial charge in [0, 0.05) is 16.9 Å². The van der Waals surface area contributed by atoms with E-state index in [2.05, 4.69) is 20.7 Å². The summed E-state index contributed by atoms with van der Waals surface area (Å²) in [6, 6.07) is 3.96. The number of nitrogens with zero attached hydrogens (tertiary/aromatic N) is 3. The van der Waals surface area contributed by atoms with Gasteiger partial charge in [-0.25, -0.2) is 14.2 Å². The predicted molar refractivity (Wildman–Crippen MR) is 156 cm³/mol. The van der Waals surface area contributed by atoms with E-state index in [-0.39, 0.29) is 47.1 Å². The number of methoxy groups -OCH3 is 2. The van der Waals surface area contributed by atoms with Crippen LogP contribution >= 0.6 is 0 Å². The van der Waals surface area contributed by atoms with Crippen molar-refractivity contribution in [1.29, 1.82) is 0 Å². The van der Waals surface area contributed by atoms with Gasteiger partial charge in [0.15, 0.2) is 5.96 Å². The second kappa shape index (κ2) is 15.1. The number of esters is 1. The molecule has 1 aromatic heterocycles. The number of fused-ring (bicyclic) bond motifs is 1. The molecule has 49 heavy (non-hydrogen) atoms. The number of carboxylic acid groups (broad SMARTS) is 1. The van der Waals surface area contributed by atoms with E-state index in [1.165, 1.54) is 31.5 Å². The van der Waals surface area contributed by atoms with Crippen molar-refractivity contribution in [3.63, 3.8) is 0 Å². The number of aliphatic imine (C=N–C) groups is 1. The number of carbonyl (C=O) groups excluding carboxylic acids is 3. The number of carboxylic acids is 1. The molecule has 2 amide bonds. The largest absolute Gasteiger partial charge is 0.497 e. The van der Waals surface area contributed by atoms with E-state index in [0.717, 1.165) is 23.9 Å². The molecular weight excluding hydrogens is 679 g/mol. The van der Waals surface area contributed by atoms with Crippen molar-refractivity contribution in [2.45, 2.75) is 36.9 Å². The van der Waals surface area contributed by atoms with Crippen molar-refractivity contribution in [1.82, 2.24) is 15.1 Å². The Hall–Kier alpha value is -5.63. The van der Waals surface area contributed by atoms with E-state index >= 15 is 0 Å². The fourth-order valence-electron chi connectivity index (χ4n) is 4.62. The van der Waals surface area contributed by atoms with Crippen LogP contribution in [0.4, 0.5) is 36.4 Å². The maximum Gasteiger partial charge on any atom is 0.490 e. The van der Waals surface area contributed by atoms with E-state index in [4.69, 9.17) is 30.8 Å². The molecule has 266 valence electrons. The van der Waals surface area contributed by atoms with Crippen LogP contribution in [-0.2, 0) is 25.3 Å². The summed E-state index contributed by atoms with van der Waals surface area (Å²) in [4.78, 5) is 50.6. The molecule has 0 bridgehead atoms. The molecule has 2 aromatic carbocycles. The van der Waals surface area contributed by atoms with Crippen LogP contribution in [0.5, 0.6) is 5.75 Å². The SMILES string of the molecule is COC(=O)C[C@@H](c1cc(OC)cc(C(F)(F)F)c1)C(C(N)=O)n1ncc2c(NC3=NCC(F)CN3)cc(C(N)=O)cc21.O=C(O)C(F)(F)F. The van der Waals surface area contributed by atoms with Gasteiger partial charge in [0.2, 0.25) is 11.8 Å². The summed E-state index contributed by atoms with van der Waals surface area (Å²) < 4.78 is 97.4. The van der Waals surface area contributed by atoms with Crippen LogP contribution in [0.3, 0.4) is 0 Å². The van der Waals surface area contributed by atoms with Crippen LogP contribution in [0.2, 0.25) is 0 Å². The Morgan fingerprint density at radius 3 is 2.22 bits per heavy atom. The number of rotatable bonds is 9. The number of primary amides is 2. The van der Waals surface area contributed by atoms with Crippen molar-refractivity contribution in [3.8, 4) is 5.75 Å². The molecule has 7 N–H and O–H groups in total. The average molecular weight is 708 g/mol. The molecule has 1 aliphatic heterocycles. The lowest BCUT2D eigenvalue weighted by molar-refractivity contribution is -0.192. The first-order valence-corrected chi connectivity index (χ1v) is 13.7. The van der Waals surface area contributed by atoms with E-state index in [1.807, 2.05) is 0 Å². The Bertz CT molecular complexity index is 1760. The van der Waals surface area contributed by atoms with Crippen molar-refractivity contribution in [2.75, 3.05) is 32.6 Å². The first-order chi connectivity index (χ1) is 22.8. The number of alkyl halides is 7. The molecule has 0 saturated heterocycles. The highest BCUT2D eigenvalue weighted by atomic mass is 19.4. The summed E-state index contributed by atoms with van der Waals surface area (Å²) in [6.45, 7) is -0.115. The highest BCUT2D eigenvalue weighted by Crippen LogP contribution is 2.40. The topological polar surface area (TPSA) is 213 Å². The predicted octanol–water partition coefficient (Wildman–Crippen LogP) is 2.88. The summed E-state index contributed by atoms with van der Waals surface area (Å²) in [5, 5.41) is 17.4. The summed E-state index contributed by atoms with van der Waals surface area (Å²) in [5.74, 6) is -6.79. The third kappa shape index (κ3) is 9.47. The number of hydrogen-bond donors (Lipinski definition) is 5. The van der Waals surface area contributed by atoms with E-state index in [1.54, 1.807) is 0 Å². The molecule has 0 fully saturated rings. The van der Waals surface area contributed by atoms with Crippen LogP contribution in [0.15, 0.2) is 41.5 Å². The highest BCUT2D eigenvalue weighted by molar-refractivity contribution is 6.07. The number of guanidine groups is 1. The number of aliphatic carboxylic acids is 1. The Morgan fingerprint density at radius 2 is 1.73 bits per heavy atom. The zero-order chi connectivity index (χ0) is 36.8. The number of benzene rings is 2. The Balaban J connectivity index is 0.000000838. The van der Waals surface area contributed by atoms with E-state index < -0.39 is 66.2 Å². The lowest BCUT2D eigenvalue weighted by Crippen LogP contribution is -2.41. The molecule has 3 atom stereocenters. The summed E-state index contributed by atoms with van der Waals surface area (Å²) in [7, 11) is 2.25. The number of aromatic nitrogens is 2. The molecule has 2 unspecified atom stereocenters. The van der Waals surface area contributed by atoms with Gasteiger partial charge < -0.3 is 36.7 Å². The van der Waals surface area contributed by atoms with Gasteiger partial charge >= 0.3 is 24.3 Å². The lowest BCUT2D eigenvalue weighted by atomic mass is 9.86. The van der Waals surface area contributed by atoms with Gasteiger partial charge in [0.25, 0.3) is 0 Å². The summed E-state index contributed by atoms with van der Waals surface area (Å²) in [6.07, 6.45) is -10.3. The minimum atomic E-state index is -5.08. The number of amides is 2. The molecule has 0 spiro atoms. The maximum atomic E-state index is 13.8. The van der Waals surface area contributed by atoms with Gasteiger partial charge in [-0.2, -0.15) is 31.4 Å². The van der Waals surface area contributed by atoms with Crippen LogP contribution in [0.1, 0.15) is 39.9 Å².